The van der Waals surface area contributed by atoms with E-state index in [1.807, 2.05) is 31.7 Å². The van der Waals surface area contributed by atoms with Gasteiger partial charge in [0.05, 0.1) is 5.56 Å². The molecule has 2 fully saturated rings. The number of aryl methyl sites for hydroxylation is 2. The molecule has 3 nitrogen and oxygen atoms in total. The highest BCUT2D eigenvalue weighted by Crippen LogP contribution is 2.40. The first-order chi connectivity index (χ1) is 9.10. The van der Waals surface area contributed by atoms with E-state index in [-0.39, 0.29) is 5.91 Å². The lowest BCUT2D eigenvalue weighted by molar-refractivity contribution is 0.0600. The maximum atomic E-state index is 12.7. The van der Waals surface area contributed by atoms with E-state index in [0.717, 1.165) is 35.2 Å². The number of nitrogens with zero attached hydrogens (tertiary/aromatic N) is 1. The lowest BCUT2D eigenvalue weighted by Gasteiger charge is -2.38. The first-order valence-electron chi connectivity index (χ1n) is 7.02. The summed E-state index contributed by atoms with van der Waals surface area (Å²) in [5, 5.41) is 0.730. The van der Waals surface area contributed by atoms with Gasteiger partial charge in [-0.15, -0.1) is 0 Å². The van der Waals surface area contributed by atoms with Crippen molar-refractivity contribution in [2.24, 2.45) is 0 Å². The lowest BCUT2D eigenvalue weighted by atomic mass is 10.0. The standard InChI is InChI=1S/C15H21NO2S/c1-9-6-14(10(2)18-9)15(17)16-11-4-5-12(16)8-13(7-11)19-3/h6,11-13H,4-5,7-8H2,1-3H3. The molecule has 3 heterocycles. The van der Waals surface area contributed by atoms with Crippen molar-refractivity contribution < 1.29 is 9.21 Å². The number of carbonyl (C=O) groups is 1. The van der Waals surface area contributed by atoms with Gasteiger partial charge in [-0.05, 0) is 51.9 Å². The van der Waals surface area contributed by atoms with Gasteiger partial charge >= 0.3 is 0 Å². The molecular weight excluding hydrogens is 258 g/mol. The third-order valence-corrected chi connectivity index (χ3v) is 5.58. The second kappa shape index (κ2) is 4.89. The van der Waals surface area contributed by atoms with Crippen LogP contribution in [-0.4, -0.2) is 34.4 Å². The van der Waals surface area contributed by atoms with Crippen LogP contribution in [0.4, 0.5) is 0 Å². The fourth-order valence-corrected chi connectivity index (χ4v) is 4.46. The van der Waals surface area contributed by atoms with Crippen molar-refractivity contribution >= 4 is 17.7 Å². The Balaban J connectivity index is 1.84. The van der Waals surface area contributed by atoms with Crippen LogP contribution in [0.1, 0.15) is 47.6 Å². The molecule has 0 aliphatic carbocycles. The van der Waals surface area contributed by atoms with Gasteiger partial charge in [0.15, 0.2) is 0 Å². The molecule has 2 aliphatic rings. The second-order valence-corrected chi connectivity index (χ2v) is 6.89. The number of carbonyl (C=O) groups excluding carboxylic acids is 1. The molecule has 104 valence electrons. The predicted molar refractivity (Wildman–Crippen MR) is 77.7 cm³/mol. The molecule has 2 saturated heterocycles. The number of rotatable bonds is 2. The fourth-order valence-electron chi connectivity index (χ4n) is 3.63. The highest BCUT2D eigenvalue weighted by molar-refractivity contribution is 7.99. The van der Waals surface area contributed by atoms with Crippen molar-refractivity contribution in [2.45, 2.75) is 56.9 Å². The highest BCUT2D eigenvalue weighted by Gasteiger charge is 2.43. The summed E-state index contributed by atoms with van der Waals surface area (Å²) in [6.45, 7) is 3.79. The van der Waals surface area contributed by atoms with E-state index in [1.54, 1.807) is 0 Å². The topological polar surface area (TPSA) is 33.5 Å². The Bertz CT molecular complexity index is 482. The molecule has 3 rings (SSSR count). The summed E-state index contributed by atoms with van der Waals surface area (Å²) in [5.74, 6) is 1.77. The minimum atomic E-state index is 0.182. The molecule has 0 N–H and O–H groups in total. The van der Waals surface area contributed by atoms with Crippen LogP contribution in [0.15, 0.2) is 10.5 Å². The van der Waals surface area contributed by atoms with Crippen molar-refractivity contribution in [3.63, 3.8) is 0 Å². The zero-order valence-corrected chi connectivity index (χ0v) is 12.6. The Morgan fingerprint density at radius 3 is 2.42 bits per heavy atom. The Morgan fingerprint density at radius 1 is 1.32 bits per heavy atom. The van der Waals surface area contributed by atoms with E-state index in [2.05, 4.69) is 11.2 Å². The number of thioether (sulfide) groups is 1. The van der Waals surface area contributed by atoms with E-state index < -0.39 is 0 Å². The maximum absolute atomic E-state index is 12.7. The SMILES string of the molecule is CSC1CC2CCC(C1)N2C(=O)c1cc(C)oc1C. The normalized spacial score (nSPS) is 29.8. The second-order valence-electron chi connectivity index (χ2n) is 5.75. The first kappa shape index (κ1) is 13.1. The van der Waals surface area contributed by atoms with Gasteiger partial charge in [0.2, 0.25) is 0 Å². The monoisotopic (exact) mass is 279 g/mol. The number of hydrogen-bond donors (Lipinski definition) is 0. The molecule has 1 aromatic rings. The summed E-state index contributed by atoms with van der Waals surface area (Å²) in [5.41, 5.74) is 0.761. The summed E-state index contributed by atoms with van der Waals surface area (Å²) in [6.07, 6.45) is 6.83. The third kappa shape index (κ3) is 2.20. The van der Waals surface area contributed by atoms with Gasteiger partial charge < -0.3 is 9.32 Å². The van der Waals surface area contributed by atoms with Crippen LogP contribution >= 0.6 is 11.8 Å². The van der Waals surface area contributed by atoms with Crippen LogP contribution in [0.5, 0.6) is 0 Å². The summed E-state index contributed by atoms with van der Waals surface area (Å²) >= 11 is 1.95. The molecule has 4 heteroatoms. The molecule has 2 unspecified atom stereocenters. The van der Waals surface area contributed by atoms with Crippen LogP contribution < -0.4 is 0 Å². The minimum absolute atomic E-state index is 0.182. The fraction of sp³-hybridized carbons (Fsp3) is 0.667. The van der Waals surface area contributed by atoms with Crippen LogP contribution in [-0.2, 0) is 0 Å². The molecule has 1 amide bonds. The molecule has 19 heavy (non-hydrogen) atoms. The average molecular weight is 279 g/mol. The molecule has 2 atom stereocenters. The summed E-state index contributed by atoms with van der Waals surface area (Å²) in [4.78, 5) is 14.9. The zero-order valence-electron chi connectivity index (χ0n) is 11.8. The number of amides is 1. The molecule has 2 aliphatic heterocycles. The van der Waals surface area contributed by atoms with E-state index in [0.29, 0.717) is 12.1 Å². The van der Waals surface area contributed by atoms with E-state index in [4.69, 9.17) is 4.42 Å². The van der Waals surface area contributed by atoms with Crippen molar-refractivity contribution in [1.82, 2.24) is 4.90 Å². The van der Waals surface area contributed by atoms with Gasteiger partial charge in [0, 0.05) is 17.3 Å². The molecule has 0 spiro atoms. The predicted octanol–water partition coefficient (Wildman–Crippen LogP) is 3.40. The quantitative estimate of drug-likeness (QED) is 0.832. The third-order valence-electron chi connectivity index (χ3n) is 4.53. The Labute approximate surface area is 118 Å². The Kier molecular flexibility index (Phi) is 3.37. The van der Waals surface area contributed by atoms with Crippen molar-refractivity contribution in [1.29, 1.82) is 0 Å². The number of piperidine rings is 1. The van der Waals surface area contributed by atoms with Crippen LogP contribution in [0.25, 0.3) is 0 Å². The van der Waals surface area contributed by atoms with Gasteiger partial charge in [-0.3, -0.25) is 4.79 Å². The number of hydrogen-bond acceptors (Lipinski definition) is 3. The van der Waals surface area contributed by atoms with Gasteiger partial charge in [0.1, 0.15) is 11.5 Å². The van der Waals surface area contributed by atoms with E-state index in [9.17, 15) is 4.79 Å². The summed E-state index contributed by atoms with van der Waals surface area (Å²) in [7, 11) is 0. The van der Waals surface area contributed by atoms with Crippen LogP contribution in [0, 0.1) is 13.8 Å². The minimum Gasteiger partial charge on any atom is -0.466 e. The molecule has 0 saturated carbocycles. The summed E-state index contributed by atoms with van der Waals surface area (Å²) in [6, 6.07) is 2.77. The Hall–Kier alpha value is -0.900. The summed E-state index contributed by atoms with van der Waals surface area (Å²) < 4.78 is 5.51. The van der Waals surface area contributed by atoms with Gasteiger partial charge in [-0.25, -0.2) is 0 Å². The van der Waals surface area contributed by atoms with Gasteiger partial charge in [-0.2, -0.15) is 11.8 Å². The average Bonchev–Trinajstić information content (AvgIpc) is 2.85. The molecular formula is C15H21NO2S. The molecule has 0 aromatic carbocycles. The lowest BCUT2D eigenvalue weighted by Crippen LogP contribution is -2.47. The van der Waals surface area contributed by atoms with E-state index in [1.165, 1.54) is 12.8 Å². The number of fused-ring (bicyclic) bond motifs is 2. The zero-order chi connectivity index (χ0) is 13.6. The maximum Gasteiger partial charge on any atom is 0.257 e. The van der Waals surface area contributed by atoms with Crippen LogP contribution in [0.2, 0.25) is 0 Å². The molecule has 2 bridgehead atoms. The first-order valence-corrected chi connectivity index (χ1v) is 8.31. The van der Waals surface area contributed by atoms with Crippen molar-refractivity contribution in [2.75, 3.05) is 6.26 Å². The van der Waals surface area contributed by atoms with E-state index >= 15 is 0 Å². The number of furan rings is 1. The smallest absolute Gasteiger partial charge is 0.257 e. The molecule has 0 radical (unpaired) electrons. The Morgan fingerprint density at radius 2 is 1.95 bits per heavy atom. The van der Waals surface area contributed by atoms with Gasteiger partial charge in [-0.1, -0.05) is 0 Å². The van der Waals surface area contributed by atoms with Crippen molar-refractivity contribution in [3.8, 4) is 0 Å². The largest absolute Gasteiger partial charge is 0.466 e. The van der Waals surface area contributed by atoms with Crippen LogP contribution in [0.3, 0.4) is 0 Å². The van der Waals surface area contributed by atoms with Gasteiger partial charge in [0.25, 0.3) is 5.91 Å². The van der Waals surface area contributed by atoms with Crippen molar-refractivity contribution in [3.05, 3.63) is 23.2 Å². The molecule has 1 aromatic heterocycles. The highest BCUT2D eigenvalue weighted by atomic mass is 32.2.